The number of pyridine rings is 1. The van der Waals surface area contributed by atoms with E-state index in [4.69, 9.17) is 35.5 Å². The van der Waals surface area contributed by atoms with Crippen LogP contribution in [0.1, 0.15) is 58.8 Å². The fourth-order valence-corrected chi connectivity index (χ4v) is 6.08. The van der Waals surface area contributed by atoms with Gasteiger partial charge in [0.1, 0.15) is 51.5 Å². The molecule has 2 fully saturated rings. The van der Waals surface area contributed by atoms with Crippen LogP contribution in [0.15, 0.2) is 18.2 Å². The van der Waals surface area contributed by atoms with Crippen molar-refractivity contribution in [2.24, 2.45) is 0 Å². The number of likely N-dealkylation sites (N-methyl/N-ethyl adjacent to an activating group) is 1. The second kappa shape index (κ2) is 12.9. The molecular weight excluding hydrogens is 649 g/mol. The number of aromatic nitrogens is 1. The first kappa shape index (κ1) is 35.0. The zero-order chi connectivity index (χ0) is 35.3. The Morgan fingerprint density at radius 3 is 2.35 bits per heavy atom. The van der Waals surface area contributed by atoms with Crippen molar-refractivity contribution in [2.45, 2.75) is 71.8 Å². The van der Waals surface area contributed by atoms with Gasteiger partial charge in [0.2, 0.25) is 5.91 Å². The molecule has 48 heavy (non-hydrogen) atoms. The van der Waals surface area contributed by atoms with E-state index in [1.807, 2.05) is 6.92 Å². The first-order valence-electron chi connectivity index (χ1n) is 15.7. The maximum Gasteiger partial charge on any atom is 0.514 e. The highest BCUT2D eigenvalue weighted by atomic mass is 35.5. The molecule has 0 aliphatic carbocycles. The van der Waals surface area contributed by atoms with Gasteiger partial charge in [0.05, 0.1) is 18.2 Å². The molecule has 5 rings (SSSR count). The minimum absolute atomic E-state index is 0.00659. The topological polar surface area (TPSA) is 131 Å². The average Bonchev–Trinajstić information content (AvgIpc) is 3.10. The first-order chi connectivity index (χ1) is 22.3. The summed E-state index contributed by atoms with van der Waals surface area (Å²) in [6.07, 6.45) is -1.59. The number of rotatable bonds is 3. The number of piperazine rings is 2. The number of benzene rings is 1. The minimum Gasteiger partial charge on any atom is -0.489 e. The van der Waals surface area contributed by atoms with Crippen LogP contribution >= 0.6 is 11.6 Å². The molecule has 0 bridgehead atoms. The van der Waals surface area contributed by atoms with Gasteiger partial charge in [0, 0.05) is 39.3 Å². The number of halogens is 2. The van der Waals surface area contributed by atoms with Gasteiger partial charge in [0.25, 0.3) is 5.91 Å². The molecule has 0 spiro atoms. The highest BCUT2D eigenvalue weighted by Crippen LogP contribution is 2.46. The molecule has 0 N–H and O–H groups in total. The van der Waals surface area contributed by atoms with Crippen molar-refractivity contribution in [3.05, 3.63) is 34.6 Å². The summed E-state index contributed by atoms with van der Waals surface area (Å²) in [6, 6.07) is 2.98. The Labute approximate surface area is 283 Å². The molecule has 2 saturated heterocycles. The number of anilines is 1. The Bertz CT molecular complexity index is 1640. The van der Waals surface area contributed by atoms with E-state index in [9.17, 15) is 19.2 Å². The molecule has 13 nitrogen and oxygen atoms in total. The van der Waals surface area contributed by atoms with Crippen molar-refractivity contribution >= 4 is 41.5 Å². The second-order valence-electron chi connectivity index (χ2n) is 14.1. The van der Waals surface area contributed by atoms with E-state index in [0.29, 0.717) is 6.54 Å². The smallest absolute Gasteiger partial charge is 0.489 e. The largest absolute Gasteiger partial charge is 0.514 e. The Balaban J connectivity index is 1.63. The molecule has 0 saturated carbocycles. The van der Waals surface area contributed by atoms with Gasteiger partial charge in [-0.25, -0.2) is 19.0 Å². The SMILES string of the molecule is CC1CN(C)C(=O)CN1c1nc(-c2c(F)cccc2OC(=O)OC(C)(C)C)c(Cl)c2c1C(=O)N1CCN(C(=O)OC(C)(C)C)C[C@@H]1CO2. The Kier molecular flexibility index (Phi) is 9.43. The van der Waals surface area contributed by atoms with Crippen LogP contribution < -0.4 is 14.4 Å². The molecule has 3 amide bonds. The summed E-state index contributed by atoms with van der Waals surface area (Å²) >= 11 is 6.96. The predicted molar refractivity (Wildman–Crippen MR) is 174 cm³/mol. The third-order valence-electron chi connectivity index (χ3n) is 7.97. The number of carbonyl (C=O) groups is 4. The molecule has 1 aromatic carbocycles. The zero-order valence-electron chi connectivity index (χ0n) is 28.4. The van der Waals surface area contributed by atoms with E-state index in [1.54, 1.807) is 63.3 Å². The van der Waals surface area contributed by atoms with E-state index >= 15 is 4.39 Å². The lowest BCUT2D eigenvalue weighted by Crippen LogP contribution is -2.58. The van der Waals surface area contributed by atoms with Gasteiger partial charge in [-0.15, -0.1) is 0 Å². The van der Waals surface area contributed by atoms with E-state index < -0.39 is 41.2 Å². The molecule has 0 radical (unpaired) electrons. The van der Waals surface area contributed by atoms with Gasteiger partial charge in [-0.3, -0.25) is 9.59 Å². The summed E-state index contributed by atoms with van der Waals surface area (Å²) in [6.45, 7) is 12.8. The van der Waals surface area contributed by atoms with Crippen LogP contribution in [0, 0.1) is 5.82 Å². The summed E-state index contributed by atoms with van der Waals surface area (Å²) in [7, 11) is 1.68. The molecule has 3 aliphatic heterocycles. The summed E-state index contributed by atoms with van der Waals surface area (Å²) in [5, 5.41) is -0.196. The maximum atomic E-state index is 15.8. The third kappa shape index (κ3) is 7.23. The number of fused-ring (bicyclic) bond motifs is 2. The van der Waals surface area contributed by atoms with Crippen molar-refractivity contribution in [2.75, 3.05) is 51.3 Å². The van der Waals surface area contributed by atoms with E-state index in [1.165, 1.54) is 17.0 Å². The Morgan fingerprint density at radius 1 is 1.00 bits per heavy atom. The summed E-state index contributed by atoms with van der Waals surface area (Å²) in [5.74, 6) is -1.73. The number of hydrogen-bond donors (Lipinski definition) is 0. The van der Waals surface area contributed by atoms with Crippen LogP contribution in [0.5, 0.6) is 11.5 Å². The number of ether oxygens (including phenoxy) is 4. The summed E-state index contributed by atoms with van der Waals surface area (Å²) in [5.41, 5.74) is -2.02. The standard InChI is InChI=1S/C33H41ClFN5O8/c1-18-14-37(8)22(41)16-40(18)28-24-27(45-17-19-15-38(12-13-39(19)29(24)42)30(43)47-32(2,3)4)25(34)26(36-28)23-20(35)10-9-11-21(23)46-31(44)48-33(5,6)7/h9-11,18-19H,12-17H2,1-8H3/t18?,19-/m1/s1. The Morgan fingerprint density at radius 2 is 1.69 bits per heavy atom. The zero-order valence-corrected chi connectivity index (χ0v) is 29.1. The average molecular weight is 690 g/mol. The highest BCUT2D eigenvalue weighted by molar-refractivity contribution is 6.35. The van der Waals surface area contributed by atoms with Gasteiger partial charge in [0.15, 0.2) is 5.75 Å². The van der Waals surface area contributed by atoms with Gasteiger partial charge < -0.3 is 38.5 Å². The molecule has 2 atom stereocenters. The molecule has 4 heterocycles. The quantitative estimate of drug-likeness (QED) is 0.321. The van der Waals surface area contributed by atoms with Crippen molar-refractivity contribution in [3.8, 4) is 22.8 Å². The van der Waals surface area contributed by atoms with Gasteiger partial charge in [-0.05, 0) is 60.6 Å². The fraction of sp³-hybridized carbons (Fsp3) is 0.545. The van der Waals surface area contributed by atoms with E-state index in [-0.39, 0.29) is 83.9 Å². The monoisotopic (exact) mass is 689 g/mol. The lowest BCUT2D eigenvalue weighted by Gasteiger charge is -2.41. The Hall–Kier alpha value is -4.33. The van der Waals surface area contributed by atoms with Crippen molar-refractivity contribution < 1.29 is 42.5 Å². The van der Waals surface area contributed by atoms with Gasteiger partial charge in [-0.2, -0.15) is 0 Å². The molecule has 2 aromatic rings. The van der Waals surface area contributed by atoms with Crippen LogP contribution in [0.4, 0.5) is 19.8 Å². The van der Waals surface area contributed by atoms with Crippen molar-refractivity contribution in [1.29, 1.82) is 0 Å². The summed E-state index contributed by atoms with van der Waals surface area (Å²) in [4.78, 5) is 64.1. The highest BCUT2D eigenvalue weighted by Gasteiger charge is 2.43. The second-order valence-corrected chi connectivity index (χ2v) is 14.5. The van der Waals surface area contributed by atoms with E-state index in [2.05, 4.69) is 0 Å². The lowest BCUT2D eigenvalue weighted by molar-refractivity contribution is -0.130. The molecule has 1 unspecified atom stereocenters. The minimum atomic E-state index is -1.07. The van der Waals surface area contributed by atoms with Gasteiger partial charge >= 0.3 is 12.2 Å². The molecule has 1 aromatic heterocycles. The summed E-state index contributed by atoms with van der Waals surface area (Å²) < 4.78 is 38.3. The number of hydrogen-bond acceptors (Lipinski definition) is 10. The van der Waals surface area contributed by atoms with E-state index in [0.717, 1.165) is 6.07 Å². The first-order valence-corrected chi connectivity index (χ1v) is 16.1. The van der Waals surface area contributed by atoms with Crippen molar-refractivity contribution in [1.82, 2.24) is 19.7 Å². The van der Waals surface area contributed by atoms with Crippen LogP contribution in [0.2, 0.25) is 5.02 Å². The van der Waals surface area contributed by atoms with Crippen LogP contribution in [0.25, 0.3) is 11.3 Å². The van der Waals surface area contributed by atoms with Crippen LogP contribution in [0.3, 0.4) is 0 Å². The van der Waals surface area contributed by atoms with Crippen molar-refractivity contribution in [3.63, 3.8) is 0 Å². The molecular formula is C33H41ClFN5O8. The molecule has 260 valence electrons. The number of amides is 3. The van der Waals surface area contributed by atoms with Crippen LogP contribution in [-0.4, -0.2) is 113 Å². The third-order valence-corrected chi connectivity index (χ3v) is 8.32. The maximum absolute atomic E-state index is 15.8. The fourth-order valence-electron chi connectivity index (χ4n) is 5.79. The number of carbonyl (C=O) groups excluding carboxylic acids is 4. The normalized spacial score (nSPS) is 20.0. The van der Waals surface area contributed by atoms with Gasteiger partial charge in [-0.1, -0.05) is 17.7 Å². The molecule has 3 aliphatic rings. The van der Waals surface area contributed by atoms with Crippen LogP contribution in [-0.2, 0) is 14.3 Å². The predicted octanol–water partition coefficient (Wildman–Crippen LogP) is 4.98. The number of nitrogens with zero attached hydrogens (tertiary/aromatic N) is 5. The molecule has 15 heteroatoms. The lowest BCUT2D eigenvalue weighted by atomic mass is 10.0.